The van der Waals surface area contributed by atoms with Crippen LogP contribution in [-0.4, -0.2) is 18.5 Å². The number of hydrogen-bond donors (Lipinski definition) is 1. The zero-order valence-electron chi connectivity index (χ0n) is 11.8. The predicted octanol–water partition coefficient (Wildman–Crippen LogP) is 3.20. The molecular formula is C16H22N2O. The molecule has 1 unspecified atom stereocenters. The van der Waals surface area contributed by atoms with E-state index in [4.69, 9.17) is 0 Å². The maximum absolute atomic E-state index is 11.5. The summed E-state index contributed by atoms with van der Waals surface area (Å²) in [5.74, 6) is 1.09. The van der Waals surface area contributed by atoms with E-state index in [-0.39, 0.29) is 5.91 Å². The Morgan fingerprint density at radius 1 is 1.47 bits per heavy atom. The lowest BCUT2D eigenvalue weighted by Gasteiger charge is -2.17. The Kier molecular flexibility index (Phi) is 3.21. The fourth-order valence-corrected chi connectivity index (χ4v) is 3.02. The number of anilines is 2. The second-order valence-corrected chi connectivity index (χ2v) is 5.99. The standard InChI is InChI=1S/C16H22N2O/c1-11(9-13-3-4-13)17-15-5-6-16-14(10-15)7-8-18(16)12(2)19/h5-6,10-11,13,17H,3-4,7-9H2,1-2H3. The Balaban J connectivity index is 1.69. The lowest BCUT2D eigenvalue weighted by Crippen LogP contribution is -2.25. The second-order valence-electron chi connectivity index (χ2n) is 5.99. The van der Waals surface area contributed by atoms with E-state index in [0.29, 0.717) is 6.04 Å². The number of carbonyl (C=O) groups is 1. The van der Waals surface area contributed by atoms with Crippen molar-refractivity contribution in [2.75, 3.05) is 16.8 Å². The van der Waals surface area contributed by atoms with Crippen molar-refractivity contribution in [2.45, 2.75) is 45.6 Å². The number of nitrogens with one attached hydrogen (secondary N) is 1. The van der Waals surface area contributed by atoms with E-state index in [1.807, 2.05) is 4.90 Å². The zero-order chi connectivity index (χ0) is 13.4. The minimum absolute atomic E-state index is 0.140. The first kappa shape index (κ1) is 12.5. The quantitative estimate of drug-likeness (QED) is 0.899. The van der Waals surface area contributed by atoms with Crippen molar-refractivity contribution in [1.82, 2.24) is 0 Å². The minimum Gasteiger partial charge on any atom is -0.383 e. The highest BCUT2D eigenvalue weighted by molar-refractivity contribution is 5.94. The Bertz CT molecular complexity index is 494. The first-order valence-electron chi connectivity index (χ1n) is 7.31. The van der Waals surface area contributed by atoms with Crippen LogP contribution in [0.4, 0.5) is 11.4 Å². The zero-order valence-corrected chi connectivity index (χ0v) is 11.8. The molecule has 0 aromatic heterocycles. The minimum atomic E-state index is 0.140. The number of benzene rings is 1. The van der Waals surface area contributed by atoms with Crippen LogP contribution >= 0.6 is 0 Å². The van der Waals surface area contributed by atoms with Gasteiger partial charge in [-0.2, -0.15) is 0 Å². The van der Waals surface area contributed by atoms with Gasteiger partial charge in [-0.05, 0) is 49.4 Å². The monoisotopic (exact) mass is 258 g/mol. The van der Waals surface area contributed by atoms with Crippen LogP contribution in [0.25, 0.3) is 0 Å². The second kappa shape index (κ2) is 4.87. The molecule has 102 valence electrons. The van der Waals surface area contributed by atoms with E-state index in [2.05, 4.69) is 30.4 Å². The maximum atomic E-state index is 11.5. The number of fused-ring (bicyclic) bond motifs is 1. The van der Waals surface area contributed by atoms with Crippen molar-refractivity contribution >= 4 is 17.3 Å². The molecule has 1 aliphatic heterocycles. The van der Waals surface area contributed by atoms with Crippen molar-refractivity contribution in [1.29, 1.82) is 0 Å². The van der Waals surface area contributed by atoms with Crippen LogP contribution in [0.15, 0.2) is 18.2 Å². The van der Waals surface area contributed by atoms with E-state index in [9.17, 15) is 4.79 Å². The van der Waals surface area contributed by atoms with Crippen LogP contribution in [0, 0.1) is 5.92 Å². The topological polar surface area (TPSA) is 32.3 Å². The summed E-state index contributed by atoms with van der Waals surface area (Å²) in [6.07, 6.45) is 5.06. The van der Waals surface area contributed by atoms with Crippen LogP contribution in [-0.2, 0) is 11.2 Å². The maximum Gasteiger partial charge on any atom is 0.223 e. The molecular weight excluding hydrogens is 236 g/mol. The molecule has 1 heterocycles. The molecule has 3 nitrogen and oxygen atoms in total. The molecule has 0 bridgehead atoms. The number of nitrogens with zero attached hydrogens (tertiary/aromatic N) is 1. The largest absolute Gasteiger partial charge is 0.383 e. The van der Waals surface area contributed by atoms with Gasteiger partial charge in [0.2, 0.25) is 5.91 Å². The summed E-state index contributed by atoms with van der Waals surface area (Å²) in [7, 11) is 0. The first-order valence-corrected chi connectivity index (χ1v) is 7.31. The van der Waals surface area contributed by atoms with Gasteiger partial charge in [-0.25, -0.2) is 0 Å². The van der Waals surface area contributed by atoms with Gasteiger partial charge in [-0.15, -0.1) is 0 Å². The first-order chi connectivity index (χ1) is 9.13. The summed E-state index contributed by atoms with van der Waals surface area (Å²) in [6.45, 7) is 4.72. The number of rotatable bonds is 4. The third-order valence-corrected chi connectivity index (χ3v) is 4.15. The summed E-state index contributed by atoms with van der Waals surface area (Å²) in [5, 5.41) is 3.58. The van der Waals surface area contributed by atoms with Gasteiger partial charge in [-0.3, -0.25) is 4.79 Å². The Morgan fingerprint density at radius 3 is 2.95 bits per heavy atom. The molecule has 19 heavy (non-hydrogen) atoms. The normalized spacial score (nSPS) is 19.2. The SMILES string of the molecule is CC(=O)N1CCc2cc(NC(C)CC3CC3)ccc21. The van der Waals surface area contributed by atoms with E-state index in [1.165, 1.54) is 30.5 Å². The number of carbonyl (C=O) groups excluding carboxylic acids is 1. The number of hydrogen-bond acceptors (Lipinski definition) is 2. The lowest BCUT2D eigenvalue weighted by molar-refractivity contribution is -0.116. The highest BCUT2D eigenvalue weighted by atomic mass is 16.2. The molecule has 1 fully saturated rings. The summed E-state index contributed by atoms with van der Waals surface area (Å²) < 4.78 is 0. The molecule has 0 spiro atoms. The summed E-state index contributed by atoms with van der Waals surface area (Å²) >= 11 is 0. The molecule has 3 rings (SSSR count). The molecule has 1 N–H and O–H groups in total. The van der Waals surface area contributed by atoms with E-state index < -0.39 is 0 Å². The van der Waals surface area contributed by atoms with Gasteiger partial charge >= 0.3 is 0 Å². The molecule has 1 amide bonds. The Labute approximate surface area is 115 Å². The van der Waals surface area contributed by atoms with Gasteiger partial charge in [0, 0.05) is 30.9 Å². The van der Waals surface area contributed by atoms with Crippen molar-refractivity contribution in [3.8, 4) is 0 Å². The van der Waals surface area contributed by atoms with Crippen LogP contribution in [0.2, 0.25) is 0 Å². The smallest absolute Gasteiger partial charge is 0.223 e. The van der Waals surface area contributed by atoms with Gasteiger partial charge in [-0.1, -0.05) is 12.8 Å². The van der Waals surface area contributed by atoms with Gasteiger partial charge in [0.05, 0.1) is 0 Å². The molecule has 1 aromatic rings. The van der Waals surface area contributed by atoms with Crippen LogP contribution < -0.4 is 10.2 Å². The van der Waals surface area contributed by atoms with Gasteiger partial charge in [0.1, 0.15) is 0 Å². The molecule has 1 atom stereocenters. The third-order valence-electron chi connectivity index (χ3n) is 4.15. The Morgan fingerprint density at radius 2 is 2.26 bits per heavy atom. The number of amides is 1. The van der Waals surface area contributed by atoms with Crippen molar-refractivity contribution < 1.29 is 4.79 Å². The summed E-state index contributed by atoms with van der Waals surface area (Å²) in [5.41, 5.74) is 3.57. The highest BCUT2D eigenvalue weighted by Crippen LogP contribution is 2.35. The summed E-state index contributed by atoms with van der Waals surface area (Å²) in [4.78, 5) is 13.4. The fraction of sp³-hybridized carbons (Fsp3) is 0.562. The van der Waals surface area contributed by atoms with Crippen molar-refractivity contribution in [3.63, 3.8) is 0 Å². The molecule has 3 heteroatoms. The molecule has 2 aliphatic rings. The van der Waals surface area contributed by atoms with Crippen LogP contribution in [0.1, 0.15) is 38.7 Å². The van der Waals surface area contributed by atoms with Gasteiger partial charge in [0.15, 0.2) is 0 Å². The van der Waals surface area contributed by atoms with Crippen LogP contribution in [0.3, 0.4) is 0 Å². The lowest BCUT2D eigenvalue weighted by atomic mass is 10.1. The Hall–Kier alpha value is -1.51. The average molecular weight is 258 g/mol. The third kappa shape index (κ3) is 2.75. The molecule has 0 saturated heterocycles. The average Bonchev–Trinajstić information content (AvgIpc) is 3.06. The van der Waals surface area contributed by atoms with Gasteiger partial charge in [0.25, 0.3) is 0 Å². The van der Waals surface area contributed by atoms with E-state index in [1.54, 1.807) is 6.92 Å². The van der Waals surface area contributed by atoms with Gasteiger partial charge < -0.3 is 10.2 Å². The predicted molar refractivity (Wildman–Crippen MR) is 78.6 cm³/mol. The summed E-state index contributed by atoms with van der Waals surface area (Å²) in [6, 6.07) is 6.93. The molecule has 1 saturated carbocycles. The fourth-order valence-electron chi connectivity index (χ4n) is 3.02. The molecule has 1 aliphatic carbocycles. The van der Waals surface area contributed by atoms with E-state index in [0.717, 1.165) is 24.6 Å². The highest BCUT2D eigenvalue weighted by Gasteiger charge is 2.24. The van der Waals surface area contributed by atoms with Crippen LogP contribution in [0.5, 0.6) is 0 Å². The molecule has 0 radical (unpaired) electrons. The molecule has 1 aromatic carbocycles. The van der Waals surface area contributed by atoms with Crippen molar-refractivity contribution in [2.24, 2.45) is 5.92 Å². The van der Waals surface area contributed by atoms with E-state index >= 15 is 0 Å². The van der Waals surface area contributed by atoms with Crippen molar-refractivity contribution in [3.05, 3.63) is 23.8 Å².